The van der Waals surface area contributed by atoms with E-state index in [0.29, 0.717) is 12.8 Å². The monoisotopic (exact) mass is 782 g/mol. The predicted octanol–water partition coefficient (Wildman–Crippen LogP) is 10.4. The molecule has 0 radical (unpaired) electrons. The summed E-state index contributed by atoms with van der Waals surface area (Å²) in [6.45, 7) is 4.41. The van der Waals surface area contributed by atoms with Crippen molar-refractivity contribution in [2.45, 2.75) is 161 Å². The average molecular weight is 782 g/mol. The zero-order valence-electron chi connectivity index (χ0n) is 36.0. The van der Waals surface area contributed by atoms with E-state index in [4.69, 9.17) is 14.2 Å². The van der Waals surface area contributed by atoms with Crippen molar-refractivity contribution < 1.29 is 38.2 Å². The first-order valence-corrected chi connectivity index (χ1v) is 21.6. The maximum absolute atomic E-state index is 12.7. The molecule has 0 aromatic heterocycles. The summed E-state index contributed by atoms with van der Waals surface area (Å²) in [5.41, 5.74) is 0. The van der Waals surface area contributed by atoms with E-state index < -0.39 is 18.1 Å². The Morgan fingerprint density at radius 2 is 1.09 bits per heavy atom. The first-order chi connectivity index (χ1) is 27.1. The Bertz CT molecular complexity index is 1190. The van der Waals surface area contributed by atoms with Crippen LogP contribution in [0.1, 0.15) is 149 Å². The number of hydrogen-bond donors (Lipinski definition) is 0. The van der Waals surface area contributed by atoms with Gasteiger partial charge in [0.05, 0.1) is 40.3 Å². The normalized spacial score (nSPS) is 13.8. The molecule has 56 heavy (non-hydrogen) atoms. The van der Waals surface area contributed by atoms with Crippen molar-refractivity contribution in [3.63, 3.8) is 0 Å². The summed E-state index contributed by atoms with van der Waals surface area (Å²) in [4.78, 5) is 36.8. The fourth-order valence-electron chi connectivity index (χ4n) is 5.70. The number of ether oxygens (including phenoxy) is 3. The van der Waals surface area contributed by atoms with Gasteiger partial charge in [-0.05, 0) is 70.6 Å². The topological polar surface area (TPSA) is 102 Å². The Morgan fingerprint density at radius 1 is 0.571 bits per heavy atom. The summed E-state index contributed by atoms with van der Waals surface area (Å²) in [6.07, 6.45) is 49.1. The molecule has 0 aliphatic carbocycles. The highest BCUT2D eigenvalue weighted by molar-refractivity contribution is 5.70. The molecular weight excluding hydrogens is 703 g/mol. The highest BCUT2D eigenvalue weighted by atomic mass is 16.6. The maximum Gasteiger partial charge on any atom is 0.306 e. The van der Waals surface area contributed by atoms with Gasteiger partial charge in [0.25, 0.3) is 0 Å². The van der Waals surface area contributed by atoms with E-state index in [0.717, 1.165) is 57.8 Å². The van der Waals surface area contributed by atoms with E-state index in [1.807, 2.05) is 12.2 Å². The molecule has 0 N–H and O–H groups in total. The molecule has 0 aromatic rings. The minimum absolute atomic E-state index is 0.00196. The van der Waals surface area contributed by atoms with Crippen LogP contribution in [0.5, 0.6) is 0 Å². The number of carboxylic acid groups (broad SMARTS) is 1. The molecule has 0 amide bonds. The van der Waals surface area contributed by atoms with Gasteiger partial charge in [-0.3, -0.25) is 9.59 Å². The van der Waals surface area contributed by atoms with E-state index in [9.17, 15) is 19.5 Å². The zero-order valence-corrected chi connectivity index (χ0v) is 36.0. The summed E-state index contributed by atoms with van der Waals surface area (Å²) < 4.78 is 17.0. The highest BCUT2D eigenvalue weighted by Crippen LogP contribution is 2.11. The van der Waals surface area contributed by atoms with Crippen molar-refractivity contribution in [3.8, 4) is 0 Å². The van der Waals surface area contributed by atoms with E-state index in [1.54, 1.807) is 21.1 Å². The lowest BCUT2D eigenvalue weighted by Crippen LogP contribution is -2.55. The Labute approximate surface area is 342 Å². The number of quaternary nitrogens is 1. The van der Waals surface area contributed by atoms with Crippen LogP contribution in [-0.2, 0) is 28.6 Å². The standard InChI is InChI=1S/C48H79NO7/c1-6-8-10-12-14-16-18-20-22-24-26-28-30-32-34-36-38-46(50)55-43-44(42-54-41-40-45(48(52)53)49(3,4)5)56-47(51)39-37-35-33-31-29-27-25-23-21-19-17-15-13-11-9-7-2/h8,10,14,16,20,22-23,25-29,32,34,44-45H,6-7,9,11-13,15,17-19,21,24,30-31,33,35-43H2,1-5H3/b10-8+,16-14+,22-20+,25-23+,28-26+,29-27+,34-32+. The number of allylic oxidation sites excluding steroid dienone is 14. The Kier molecular flexibility index (Phi) is 36.0. The number of carbonyl (C=O) groups is 3. The first-order valence-electron chi connectivity index (χ1n) is 21.6. The van der Waals surface area contributed by atoms with Crippen LogP contribution in [0.3, 0.4) is 0 Å². The van der Waals surface area contributed by atoms with E-state index >= 15 is 0 Å². The van der Waals surface area contributed by atoms with Gasteiger partial charge in [0.2, 0.25) is 0 Å². The Hall–Kier alpha value is -3.49. The van der Waals surface area contributed by atoms with Crippen molar-refractivity contribution in [3.05, 3.63) is 85.1 Å². The second kappa shape index (κ2) is 38.4. The van der Waals surface area contributed by atoms with Gasteiger partial charge in [0, 0.05) is 19.3 Å². The van der Waals surface area contributed by atoms with Crippen LogP contribution in [0.15, 0.2) is 85.1 Å². The number of carboxylic acids is 1. The lowest BCUT2D eigenvalue weighted by Gasteiger charge is -2.34. The van der Waals surface area contributed by atoms with Crippen molar-refractivity contribution in [1.82, 2.24) is 0 Å². The molecule has 0 aliphatic rings. The third kappa shape index (κ3) is 36.2. The van der Waals surface area contributed by atoms with Gasteiger partial charge in [-0.2, -0.15) is 0 Å². The highest BCUT2D eigenvalue weighted by Gasteiger charge is 2.25. The summed E-state index contributed by atoms with van der Waals surface area (Å²) in [7, 11) is 5.36. The molecule has 0 bridgehead atoms. The van der Waals surface area contributed by atoms with Gasteiger partial charge in [0.15, 0.2) is 6.10 Å². The largest absolute Gasteiger partial charge is 0.544 e. The van der Waals surface area contributed by atoms with Crippen molar-refractivity contribution in [1.29, 1.82) is 0 Å². The van der Waals surface area contributed by atoms with Crippen LogP contribution < -0.4 is 5.11 Å². The molecule has 0 spiro atoms. The Balaban J connectivity index is 4.54. The van der Waals surface area contributed by atoms with E-state index in [-0.39, 0.29) is 55.5 Å². The third-order valence-electron chi connectivity index (χ3n) is 9.06. The molecular formula is C48H79NO7. The molecule has 0 heterocycles. The van der Waals surface area contributed by atoms with Crippen LogP contribution in [-0.4, -0.2) is 75.5 Å². The number of hydrogen-bond acceptors (Lipinski definition) is 7. The van der Waals surface area contributed by atoms with Gasteiger partial charge < -0.3 is 28.6 Å². The maximum atomic E-state index is 12.7. The lowest BCUT2D eigenvalue weighted by atomic mass is 10.1. The molecule has 8 heteroatoms. The van der Waals surface area contributed by atoms with Crippen LogP contribution in [0.4, 0.5) is 0 Å². The fourth-order valence-corrected chi connectivity index (χ4v) is 5.70. The number of unbranched alkanes of at least 4 members (excludes halogenated alkanes) is 10. The fraction of sp³-hybridized carbons (Fsp3) is 0.646. The zero-order chi connectivity index (χ0) is 41.4. The number of aliphatic carboxylic acids is 1. The van der Waals surface area contributed by atoms with Gasteiger partial charge in [-0.25, -0.2) is 0 Å². The second-order valence-electron chi connectivity index (χ2n) is 15.2. The number of carbonyl (C=O) groups excluding carboxylic acids is 3. The quantitative estimate of drug-likeness (QED) is 0.0203. The summed E-state index contributed by atoms with van der Waals surface area (Å²) in [5.74, 6) is -1.89. The van der Waals surface area contributed by atoms with Crippen LogP contribution in [0.25, 0.3) is 0 Å². The van der Waals surface area contributed by atoms with Crippen LogP contribution in [0, 0.1) is 0 Å². The molecule has 0 saturated heterocycles. The SMILES string of the molecule is CC/C=C/C/C=C/C/C=C/C/C=C/C/C=C/CCC(=O)OCC(COCCC(C(=O)[O-])[N+](C)(C)C)OC(=O)CCCCC/C=C/C=C/CCCCCCCCC. The molecule has 0 rings (SSSR count). The van der Waals surface area contributed by atoms with Crippen molar-refractivity contribution in [2.24, 2.45) is 0 Å². The van der Waals surface area contributed by atoms with E-state index in [1.165, 1.54) is 44.9 Å². The summed E-state index contributed by atoms with van der Waals surface area (Å²) in [6, 6.07) is -0.745. The van der Waals surface area contributed by atoms with Crippen molar-refractivity contribution >= 4 is 17.9 Å². The van der Waals surface area contributed by atoms with Crippen LogP contribution in [0.2, 0.25) is 0 Å². The second-order valence-corrected chi connectivity index (χ2v) is 15.2. The van der Waals surface area contributed by atoms with Crippen LogP contribution >= 0.6 is 0 Å². The number of rotatable bonds is 37. The first kappa shape index (κ1) is 52.5. The third-order valence-corrected chi connectivity index (χ3v) is 9.06. The Morgan fingerprint density at radius 3 is 1.62 bits per heavy atom. The van der Waals surface area contributed by atoms with Gasteiger partial charge in [-0.1, -0.05) is 144 Å². The molecule has 0 fully saturated rings. The lowest BCUT2D eigenvalue weighted by molar-refractivity contribution is -0.889. The molecule has 2 atom stereocenters. The molecule has 0 aliphatic heterocycles. The minimum atomic E-state index is -1.14. The number of nitrogens with zero attached hydrogens (tertiary/aromatic N) is 1. The van der Waals surface area contributed by atoms with Gasteiger partial charge in [-0.15, -0.1) is 0 Å². The average Bonchev–Trinajstić information content (AvgIpc) is 3.15. The number of likely N-dealkylation sites (N-methyl/N-ethyl adjacent to an activating group) is 1. The molecule has 0 aromatic carbocycles. The smallest absolute Gasteiger partial charge is 0.306 e. The molecule has 0 saturated carbocycles. The molecule has 2 unspecified atom stereocenters. The summed E-state index contributed by atoms with van der Waals surface area (Å²) >= 11 is 0. The summed E-state index contributed by atoms with van der Waals surface area (Å²) in [5, 5.41) is 11.6. The minimum Gasteiger partial charge on any atom is -0.544 e. The molecule has 318 valence electrons. The van der Waals surface area contributed by atoms with Gasteiger partial charge in [0.1, 0.15) is 12.6 Å². The van der Waals surface area contributed by atoms with Crippen molar-refractivity contribution in [2.75, 3.05) is 41.0 Å². The molecule has 8 nitrogen and oxygen atoms in total. The predicted molar refractivity (Wildman–Crippen MR) is 231 cm³/mol. The van der Waals surface area contributed by atoms with Gasteiger partial charge >= 0.3 is 11.9 Å². The number of esters is 2. The van der Waals surface area contributed by atoms with E-state index in [2.05, 4.69) is 86.8 Å².